The van der Waals surface area contributed by atoms with Gasteiger partial charge < -0.3 is 14.5 Å². The monoisotopic (exact) mass is 403 g/mol. The second-order valence-electron chi connectivity index (χ2n) is 5.56. The van der Waals surface area contributed by atoms with E-state index in [9.17, 15) is 4.79 Å². The van der Waals surface area contributed by atoms with E-state index in [1.165, 1.54) is 11.8 Å². The third-order valence-electron chi connectivity index (χ3n) is 3.57. The minimum absolute atomic E-state index is 0.186. The Morgan fingerprint density at radius 1 is 1.26 bits per heavy atom. The number of para-hydroxylation sites is 2. The van der Waals surface area contributed by atoms with Crippen LogP contribution < -0.4 is 10.1 Å². The molecule has 1 N–H and O–H groups in total. The van der Waals surface area contributed by atoms with E-state index >= 15 is 0 Å². The summed E-state index contributed by atoms with van der Waals surface area (Å²) in [5.74, 6) is 0.801. The average molecular weight is 404 g/mol. The zero-order valence-electron chi connectivity index (χ0n) is 14.8. The van der Waals surface area contributed by atoms with E-state index in [2.05, 4.69) is 15.5 Å². The Hall–Kier alpha value is -2.51. The zero-order valence-corrected chi connectivity index (χ0v) is 16.4. The number of ether oxygens (including phenoxy) is 1. The summed E-state index contributed by atoms with van der Waals surface area (Å²) in [4.78, 5) is 12.5. The number of thioether (sulfide) groups is 1. The lowest BCUT2D eigenvalue weighted by atomic mass is 10.2. The summed E-state index contributed by atoms with van der Waals surface area (Å²) in [6.45, 7) is 4.18. The van der Waals surface area contributed by atoms with Crippen LogP contribution in [0.4, 0.5) is 5.69 Å². The number of hydrogen-bond donors (Lipinski definition) is 1. The van der Waals surface area contributed by atoms with Gasteiger partial charge in [-0.25, -0.2) is 0 Å². The highest BCUT2D eigenvalue weighted by atomic mass is 35.5. The van der Waals surface area contributed by atoms with Crippen LogP contribution in [0.2, 0.25) is 5.02 Å². The molecule has 2 aromatic carbocycles. The molecule has 0 aliphatic heterocycles. The third kappa shape index (κ3) is 5.02. The number of nitrogens with one attached hydrogen (secondary N) is 1. The maximum absolute atomic E-state index is 12.5. The van der Waals surface area contributed by atoms with Gasteiger partial charge >= 0.3 is 0 Å². The lowest BCUT2D eigenvalue weighted by Gasteiger charge is -2.13. The molecule has 0 saturated heterocycles. The van der Waals surface area contributed by atoms with Crippen molar-refractivity contribution in [1.82, 2.24) is 10.2 Å². The fraction of sp³-hybridized carbons (Fsp3) is 0.211. The van der Waals surface area contributed by atoms with Crippen molar-refractivity contribution in [3.8, 4) is 17.2 Å². The van der Waals surface area contributed by atoms with Gasteiger partial charge in [-0.05, 0) is 44.2 Å². The predicted octanol–water partition coefficient (Wildman–Crippen LogP) is 4.91. The minimum atomic E-state index is -0.438. The van der Waals surface area contributed by atoms with Gasteiger partial charge in [-0.2, -0.15) is 0 Å². The van der Waals surface area contributed by atoms with Crippen LogP contribution in [0.1, 0.15) is 13.8 Å². The first-order valence-corrected chi connectivity index (χ1v) is 9.61. The zero-order chi connectivity index (χ0) is 19.2. The second-order valence-corrected chi connectivity index (χ2v) is 7.29. The van der Waals surface area contributed by atoms with E-state index in [0.29, 0.717) is 34.2 Å². The number of benzene rings is 2. The smallest absolute Gasteiger partial charge is 0.277 e. The molecule has 0 aliphatic rings. The van der Waals surface area contributed by atoms with Gasteiger partial charge in [0.05, 0.1) is 17.5 Å². The van der Waals surface area contributed by atoms with Crippen molar-refractivity contribution in [3.05, 3.63) is 53.6 Å². The summed E-state index contributed by atoms with van der Waals surface area (Å²) in [6, 6.07) is 14.4. The summed E-state index contributed by atoms with van der Waals surface area (Å²) in [6.07, 6.45) is 0. The van der Waals surface area contributed by atoms with E-state index in [1.807, 2.05) is 31.2 Å². The molecule has 8 heteroatoms. The molecule has 1 heterocycles. The van der Waals surface area contributed by atoms with Crippen LogP contribution in [0, 0.1) is 0 Å². The molecule has 0 spiro atoms. The number of anilines is 1. The molecule has 27 heavy (non-hydrogen) atoms. The molecule has 0 unspecified atom stereocenters. The molecule has 1 atom stereocenters. The highest BCUT2D eigenvalue weighted by molar-refractivity contribution is 8.00. The first kappa shape index (κ1) is 19.3. The number of aromatic nitrogens is 2. The van der Waals surface area contributed by atoms with E-state index in [1.54, 1.807) is 31.2 Å². The Morgan fingerprint density at radius 3 is 2.85 bits per heavy atom. The molecule has 0 radical (unpaired) electrons. The van der Waals surface area contributed by atoms with Crippen LogP contribution in [-0.2, 0) is 4.79 Å². The molecule has 3 aromatic rings. The maximum Gasteiger partial charge on any atom is 0.277 e. The highest BCUT2D eigenvalue weighted by Crippen LogP contribution is 2.29. The topological polar surface area (TPSA) is 77.2 Å². The molecule has 1 aromatic heterocycles. The third-order valence-corrected chi connectivity index (χ3v) is 4.74. The predicted molar refractivity (Wildman–Crippen MR) is 106 cm³/mol. The molecule has 6 nitrogen and oxygen atoms in total. The molecular formula is C19H18ClN3O3S. The van der Waals surface area contributed by atoms with Crippen molar-refractivity contribution in [2.45, 2.75) is 24.3 Å². The number of carbonyl (C=O) groups excluding carboxylic acids is 1. The molecule has 0 bridgehead atoms. The Bertz CT molecular complexity index is 932. The molecule has 0 saturated carbocycles. The van der Waals surface area contributed by atoms with Crippen molar-refractivity contribution in [1.29, 1.82) is 0 Å². The summed E-state index contributed by atoms with van der Waals surface area (Å²) < 4.78 is 11.2. The van der Waals surface area contributed by atoms with Crippen molar-refractivity contribution < 1.29 is 13.9 Å². The van der Waals surface area contributed by atoms with E-state index in [4.69, 9.17) is 20.8 Å². The standard InChI is InChI=1S/C19H18ClN3O3S/c1-3-25-16-10-5-4-9-15(16)21-17(24)12(2)27-19-23-22-18(26-19)13-7-6-8-14(20)11-13/h4-12H,3H2,1-2H3,(H,21,24)/t12-/m1/s1. The molecular weight excluding hydrogens is 386 g/mol. The first-order valence-electron chi connectivity index (χ1n) is 8.35. The van der Waals surface area contributed by atoms with Crippen LogP contribution in [0.3, 0.4) is 0 Å². The normalized spacial score (nSPS) is 11.8. The molecule has 0 fully saturated rings. The van der Waals surface area contributed by atoms with Gasteiger partial charge in [0, 0.05) is 10.6 Å². The average Bonchev–Trinajstić information content (AvgIpc) is 3.12. The van der Waals surface area contributed by atoms with Gasteiger partial charge in [-0.1, -0.05) is 41.6 Å². The van der Waals surface area contributed by atoms with Gasteiger partial charge in [0.25, 0.3) is 5.22 Å². The van der Waals surface area contributed by atoms with E-state index in [0.717, 1.165) is 5.56 Å². The highest BCUT2D eigenvalue weighted by Gasteiger charge is 2.20. The largest absolute Gasteiger partial charge is 0.492 e. The first-order chi connectivity index (χ1) is 13.1. The fourth-order valence-corrected chi connectivity index (χ4v) is 3.16. The van der Waals surface area contributed by atoms with E-state index in [-0.39, 0.29) is 5.91 Å². The van der Waals surface area contributed by atoms with Crippen molar-refractivity contribution in [2.75, 3.05) is 11.9 Å². The summed E-state index contributed by atoms with van der Waals surface area (Å²) in [5.41, 5.74) is 1.35. The van der Waals surface area contributed by atoms with Crippen LogP contribution in [-0.4, -0.2) is 28.0 Å². The Morgan fingerprint density at radius 2 is 2.07 bits per heavy atom. The maximum atomic E-state index is 12.5. The summed E-state index contributed by atoms with van der Waals surface area (Å²) in [5, 5.41) is 11.3. The van der Waals surface area contributed by atoms with E-state index < -0.39 is 5.25 Å². The van der Waals surface area contributed by atoms with Crippen LogP contribution in [0.25, 0.3) is 11.5 Å². The number of hydrogen-bond acceptors (Lipinski definition) is 6. The Balaban J connectivity index is 1.65. The van der Waals surface area contributed by atoms with Gasteiger partial charge in [0.1, 0.15) is 5.75 Å². The number of amides is 1. The Labute approximate surface area is 166 Å². The lowest BCUT2D eigenvalue weighted by Crippen LogP contribution is -2.22. The Kier molecular flexibility index (Phi) is 6.36. The van der Waals surface area contributed by atoms with Crippen LogP contribution >= 0.6 is 23.4 Å². The molecule has 1 amide bonds. The number of carbonyl (C=O) groups is 1. The number of rotatable bonds is 7. The van der Waals surface area contributed by atoms with Gasteiger partial charge in [-0.15, -0.1) is 10.2 Å². The van der Waals surface area contributed by atoms with Gasteiger partial charge in [0.15, 0.2) is 0 Å². The SMILES string of the molecule is CCOc1ccccc1NC(=O)[C@@H](C)Sc1nnc(-c2cccc(Cl)c2)o1. The quantitative estimate of drug-likeness (QED) is 0.565. The molecule has 0 aliphatic carbocycles. The molecule has 140 valence electrons. The van der Waals surface area contributed by atoms with Crippen molar-refractivity contribution >= 4 is 35.0 Å². The summed E-state index contributed by atoms with van der Waals surface area (Å²) in [7, 11) is 0. The lowest BCUT2D eigenvalue weighted by molar-refractivity contribution is -0.115. The van der Waals surface area contributed by atoms with Gasteiger partial charge in [0.2, 0.25) is 11.8 Å². The van der Waals surface area contributed by atoms with Crippen LogP contribution in [0.15, 0.2) is 58.2 Å². The minimum Gasteiger partial charge on any atom is -0.492 e. The van der Waals surface area contributed by atoms with Gasteiger partial charge in [-0.3, -0.25) is 4.79 Å². The second kappa shape index (κ2) is 8.92. The summed E-state index contributed by atoms with van der Waals surface area (Å²) >= 11 is 7.17. The van der Waals surface area contributed by atoms with Crippen molar-refractivity contribution in [3.63, 3.8) is 0 Å². The van der Waals surface area contributed by atoms with Crippen molar-refractivity contribution in [2.24, 2.45) is 0 Å². The molecule has 3 rings (SSSR count). The number of nitrogens with zero attached hydrogens (tertiary/aromatic N) is 2. The fourth-order valence-electron chi connectivity index (χ4n) is 2.29. The van der Waals surface area contributed by atoms with Crippen LogP contribution in [0.5, 0.6) is 5.75 Å². The number of halogens is 1.